The first-order valence-electron chi connectivity index (χ1n) is 11.0. The summed E-state index contributed by atoms with van der Waals surface area (Å²) in [6, 6.07) is 0. The third-order valence-corrected chi connectivity index (χ3v) is 6.30. The molecule has 2 aliphatic carbocycles. The Morgan fingerprint density at radius 2 is 1.08 bits per heavy atom. The van der Waals surface area contributed by atoms with E-state index in [0.717, 1.165) is 25.7 Å². The van der Waals surface area contributed by atoms with Gasteiger partial charge < -0.3 is 9.47 Å². The molecule has 0 aromatic carbocycles. The van der Waals surface area contributed by atoms with E-state index in [1.54, 1.807) is 0 Å². The number of carbonyl (C=O) groups is 2. The van der Waals surface area contributed by atoms with Crippen LogP contribution in [0, 0.1) is 11.8 Å². The fourth-order valence-electron chi connectivity index (χ4n) is 4.59. The van der Waals surface area contributed by atoms with E-state index in [1.807, 2.05) is 0 Å². The van der Waals surface area contributed by atoms with Crippen molar-refractivity contribution in [3.05, 3.63) is 0 Å². The van der Waals surface area contributed by atoms with Crippen LogP contribution >= 0.6 is 0 Å². The van der Waals surface area contributed by atoms with Crippen LogP contribution in [0.25, 0.3) is 0 Å². The highest BCUT2D eigenvalue weighted by Crippen LogP contribution is 2.30. The van der Waals surface area contributed by atoms with Crippen molar-refractivity contribution in [2.24, 2.45) is 11.8 Å². The van der Waals surface area contributed by atoms with E-state index in [2.05, 4.69) is 13.8 Å². The molecule has 2 aliphatic rings. The Bertz CT molecular complexity index is 394. The number of esters is 2. The zero-order valence-electron chi connectivity index (χ0n) is 16.8. The highest BCUT2D eigenvalue weighted by atomic mass is 16.5. The number of hydrogen-bond acceptors (Lipinski definition) is 4. The van der Waals surface area contributed by atoms with Gasteiger partial charge in [0.2, 0.25) is 0 Å². The van der Waals surface area contributed by atoms with E-state index in [4.69, 9.17) is 9.47 Å². The van der Waals surface area contributed by atoms with Crippen molar-refractivity contribution in [2.75, 3.05) is 0 Å². The Morgan fingerprint density at radius 1 is 0.692 bits per heavy atom. The molecule has 4 unspecified atom stereocenters. The molecule has 0 saturated heterocycles. The third-order valence-electron chi connectivity index (χ3n) is 6.30. The summed E-state index contributed by atoms with van der Waals surface area (Å²) in [4.78, 5) is 24.2. The molecule has 4 nitrogen and oxygen atoms in total. The Kier molecular flexibility index (Phi) is 9.49. The van der Waals surface area contributed by atoms with Crippen LogP contribution in [0.4, 0.5) is 0 Å². The minimum atomic E-state index is -0.0953. The lowest BCUT2D eigenvalue weighted by molar-refractivity contribution is -0.156. The Hall–Kier alpha value is -1.06. The predicted octanol–water partition coefficient (Wildman–Crippen LogP) is 5.57. The van der Waals surface area contributed by atoms with Crippen molar-refractivity contribution in [3.8, 4) is 0 Å². The van der Waals surface area contributed by atoms with Gasteiger partial charge in [0.05, 0.1) is 0 Å². The van der Waals surface area contributed by atoms with Gasteiger partial charge in [-0.05, 0) is 76.0 Å². The van der Waals surface area contributed by atoms with Gasteiger partial charge in [-0.1, -0.05) is 26.7 Å². The van der Waals surface area contributed by atoms with E-state index in [9.17, 15) is 9.59 Å². The second kappa shape index (κ2) is 11.6. The highest BCUT2D eigenvalue weighted by Gasteiger charge is 2.28. The lowest BCUT2D eigenvalue weighted by atomic mass is 9.85. The molecule has 150 valence electrons. The van der Waals surface area contributed by atoms with E-state index in [0.29, 0.717) is 37.5 Å². The summed E-state index contributed by atoms with van der Waals surface area (Å²) in [5, 5.41) is 0. The second-order valence-corrected chi connectivity index (χ2v) is 8.17. The molecule has 4 heteroatoms. The number of rotatable bonds is 9. The van der Waals surface area contributed by atoms with Gasteiger partial charge >= 0.3 is 11.9 Å². The molecule has 26 heavy (non-hydrogen) atoms. The molecule has 4 atom stereocenters. The predicted molar refractivity (Wildman–Crippen MR) is 103 cm³/mol. The fourth-order valence-corrected chi connectivity index (χ4v) is 4.59. The SMILES string of the molecule is CCC1CCCCC1OC(=O)CCCCC(=O)OC1CCCCC1CC. The van der Waals surface area contributed by atoms with Gasteiger partial charge in [0, 0.05) is 12.8 Å². The molecule has 0 radical (unpaired) electrons. The average Bonchev–Trinajstić information content (AvgIpc) is 2.66. The number of unbranched alkanes of at least 4 members (excludes halogenated alkanes) is 1. The lowest BCUT2D eigenvalue weighted by Gasteiger charge is -2.30. The molecule has 0 heterocycles. The van der Waals surface area contributed by atoms with Gasteiger partial charge in [0.25, 0.3) is 0 Å². The first-order chi connectivity index (χ1) is 12.6. The van der Waals surface area contributed by atoms with Crippen molar-refractivity contribution in [1.29, 1.82) is 0 Å². The van der Waals surface area contributed by atoms with Gasteiger partial charge in [-0.3, -0.25) is 9.59 Å². The molecule has 2 rings (SSSR count). The smallest absolute Gasteiger partial charge is 0.306 e. The Labute approximate surface area is 159 Å². The number of ether oxygens (including phenoxy) is 2. The molecule has 0 aromatic rings. The summed E-state index contributed by atoms with van der Waals surface area (Å²) in [5.41, 5.74) is 0. The first kappa shape index (κ1) is 21.2. The summed E-state index contributed by atoms with van der Waals surface area (Å²) in [6.07, 6.45) is 13.9. The van der Waals surface area contributed by atoms with Crippen LogP contribution in [0.5, 0.6) is 0 Å². The Balaban J connectivity index is 1.58. The number of hydrogen-bond donors (Lipinski definition) is 0. The minimum Gasteiger partial charge on any atom is -0.462 e. The maximum atomic E-state index is 12.1. The summed E-state index contributed by atoms with van der Waals surface area (Å²) in [5.74, 6) is 0.874. The van der Waals surface area contributed by atoms with Crippen LogP contribution in [0.1, 0.15) is 104 Å². The zero-order valence-corrected chi connectivity index (χ0v) is 16.8. The third kappa shape index (κ3) is 6.92. The van der Waals surface area contributed by atoms with Crippen molar-refractivity contribution < 1.29 is 19.1 Å². The van der Waals surface area contributed by atoms with Crippen LogP contribution in [-0.2, 0) is 19.1 Å². The topological polar surface area (TPSA) is 52.6 Å². The van der Waals surface area contributed by atoms with Gasteiger partial charge in [0.1, 0.15) is 12.2 Å². The molecular weight excluding hydrogens is 328 g/mol. The van der Waals surface area contributed by atoms with Gasteiger partial charge in [-0.25, -0.2) is 0 Å². The molecule has 0 N–H and O–H groups in total. The van der Waals surface area contributed by atoms with Gasteiger partial charge in [-0.15, -0.1) is 0 Å². The van der Waals surface area contributed by atoms with Crippen LogP contribution in [0.2, 0.25) is 0 Å². The molecule has 2 fully saturated rings. The normalized spacial score (nSPS) is 29.2. The van der Waals surface area contributed by atoms with E-state index >= 15 is 0 Å². The van der Waals surface area contributed by atoms with Crippen molar-refractivity contribution in [3.63, 3.8) is 0 Å². The maximum Gasteiger partial charge on any atom is 0.306 e. The highest BCUT2D eigenvalue weighted by molar-refractivity contribution is 5.70. The van der Waals surface area contributed by atoms with Crippen LogP contribution in [0.15, 0.2) is 0 Å². The summed E-state index contributed by atoms with van der Waals surface area (Å²) in [7, 11) is 0. The second-order valence-electron chi connectivity index (χ2n) is 8.17. The molecule has 0 spiro atoms. The molecule has 0 aromatic heterocycles. The van der Waals surface area contributed by atoms with E-state index in [1.165, 1.54) is 38.5 Å². The largest absolute Gasteiger partial charge is 0.462 e. The minimum absolute atomic E-state index is 0.0953. The summed E-state index contributed by atoms with van der Waals surface area (Å²) < 4.78 is 11.4. The molecule has 0 amide bonds. The zero-order chi connectivity index (χ0) is 18.8. The molecule has 0 bridgehead atoms. The van der Waals surface area contributed by atoms with Crippen LogP contribution < -0.4 is 0 Å². The number of carbonyl (C=O) groups excluding carboxylic acids is 2. The molecule has 0 aliphatic heterocycles. The van der Waals surface area contributed by atoms with Crippen LogP contribution in [0.3, 0.4) is 0 Å². The van der Waals surface area contributed by atoms with Crippen molar-refractivity contribution in [2.45, 2.75) is 116 Å². The maximum absolute atomic E-state index is 12.1. The lowest BCUT2D eigenvalue weighted by Crippen LogP contribution is -2.30. The van der Waals surface area contributed by atoms with E-state index in [-0.39, 0.29) is 24.1 Å². The first-order valence-corrected chi connectivity index (χ1v) is 11.0. The summed E-state index contributed by atoms with van der Waals surface area (Å²) in [6.45, 7) is 4.36. The fraction of sp³-hybridized carbons (Fsp3) is 0.909. The Morgan fingerprint density at radius 3 is 1.46 bits per heavy atom. The average molecular weight is 367 g/mol. The van der Waals surface area contributed by atoms with Crippen LogP contribution in [-0.4, -0.2) is 24.1 Å². The standard InChI is InChI=1S/C22H38O4/c1-3-17-11-5-7-13-19(17)25-21(23)15-9-10-16-22(24)26-20-14-8-6-12-18(20)4-2/h17-20H,3-16H2,1-2H3. The molecular formula is C22H38O4. The van der Waals surface area contributed by atoms with Gasteiger partial charge in [0.15, 0.2) is 0 Å². The van der Waals surface area contributed by atoms with Crippen molar-refractivity contribution >= 4 is 11.9 Å². The monoisotopic (exact) mass is 366 g/mol. The van der Waals surface area contributed by atoms with Gasteiger partial charge in [-0.2, -0.15) is 0 Å². The summed E-state index contributed by atoms with van der Waals surface area (Å²) >= 11 is 0. The quantitative estimate of drug-likeness (QED) is 0.395. The van der Waals surface area contributed by atoms with Crippen molar-refractivity contribution in [1.82, 2.24) is 0 Å². The van der Waals surface area contributed by atoms with E-state index < -0.39 is 0 Å². The molecule has 2 saturated carbocycles.